The quantitative estimate of drug-likeness (QED) is 0.858. The highest BCUT2D eigenvalue weighted by atomic mass is 16.2. The molecule has 4 heteroatoms. The van der Waals surface area contributed by atoms with E-state index in [1.54, 1.807) is 0 Å². The molecule has 2 fully saturated rings. The lowest BCUT2D eigenvalue weighted by Crippen LogP contribution is -2.32. The Bertz CT molecular complexity index is 642. The van der Waals surface area contributed by atoms with Crippen molar-refractivity contribution in [1.82, 2.24) is 4.90 Å². The molecule has 1 aliphatic carbocycles. The molecule has 2 aliphatic heterocycles. The van der Waals surface area contributed by atoms with Crippen LogP contribution >= 0.6 is 0 Å². The number of anilines is 1. The molecule has 2 heterocycles. The molecule has 3 atom stereocenters. The van der Waals surface area contributed by atoms with Crippen molar-refractivity contribution in [3.8, 4) is 0 Å². The molecule has 1 saturated heterocycles. The fourth-order valence-corrected chi connectivity index (χ4v) is 4.07. The number of nitrogens with zero attached hydrogens (tertiary/aromatic N) is 2. The van der Waals surface area contributed by atoms with Crippen LogP contribution in [0.3, 0.4) is 0 Å². The number of hydrogen-bond donors (Lipinski definition) is 0. The summed E-state index contributed by atoms with van der Waals surface area (Å²) in [6, 6.07) is 8.29. The fourth-order valence-electron chi connectivity index (χ4n) is 4.07. The van der Waals surface area contributed by atoms with Gasteiger partial charge < -0.3 is 9.80 Å². The lowest BCUT2D eigenvalue weighted by atomic mass is 9.98. The van der Waals surface area contributed by atoms with Gasteiger partial charge in [0.15, 0.2) is 0 Å². The fraction of sp³-hybridized carbons (Fsp3) is 0.579. The first-order valence-electron chi connectivity index (χ1n) is 8.83. The van der Waals surface area contributed by atoms with E-state index in [1.807, 2.05) is 15.9 Å². The van der Waals surface area contributed by atoms with Crippen LogP contribution < -0.4 is 4.90 Å². The van der Waals surface area contributed by atoms with E-state index in [0.717, 1.165) is 44.6 Å². The molecule has 0 spiro atoms. The Morgan fingerprint density at radius 3 is 2.78 bits per heavy atom. The summed E-state index contributed by atoms with van der Waals surface area (Å²) in [7, 11) is 0. The number of fused-ring (bicyclic) bond motifs is 1. The lowest BCUT2D eigenvalue weighted by molar-refractivity contribution is -0.127. The van der Waals surface area contributed by atoms with E-state index in [4.69, 9.17) is 0 Å². The highest BCUT2D eigenvalue weighted by Crippen LogP contribution is 2.44. The topological polar surface area (TPSA) is 40.6 Å². The number of likely N-dealkylation sites (tertiary alicyclic amines) is 1. The largest absolute Gasteiger partial charge is 0.343 e. The van der Waals surface area contributed by atoms with Gasteiger partial charge in [0.05, 0.1) is 0 Å². The number of benzene rings is 1. The maximum Gasteiger partial charge on any atom is 0.230 e. The van der Waals surface area contributed by atoms with Gasteiger partial charge in [0.25, 0.3) is 0 Å². The minimum Gasteiger partial charge on any atom is -0.343 e. The number of rotatable bonds is 4. The maximum absolute atomic E-state index is 12.7. The van der Waals surface area contributed by atoms with E-state index < -0.39 is 0 Å². The highest BCUT2D eigenvalue weighted by molar-refractivity contribution is 5.98. The van der Waals surface area contributed by atoms with E-state index >= 15 is 0 Å². The third-order valence-corrected chi connectivity index (χ3v) is 5.68. The van der Waals surface area contributed by atoms with Gasteiger partial charge in [0.1, 0.15) is 0 Å². The molecule has 1 aromatic rings. The van der Waals surface area contributed by atoms with Crippen LogP contribution in [-0.4, -0.2) is 36.3 Å². The van der Waals surface area contributed by atoms with Crippen LogP contribution in [0.2, 0.25) is 0 Å². The Hall–Kier alpha value is -1.84. The van der Waals surface area contributed by atoms with Crippen LogP contribution in [-0.2, 0) is 9.59 Å². The summed E-state index contributed by atoms with van der Waals surface area (Å²) >= 11 is 0. The standard InChI is InChI=1S/C19H24N2O2/c1-13-11-16(13)19(23)21-12-14(15-5-2-3-6-17(15)21)8-10-20-9-4-7-18(20)22/h2-3,5-6,13-14,16H,4,7-12H2,1H3/t13-,14+,16-/m1/s1. The van der Waals surface area contributed by atoms with Gasteiger partial charge in [0.2, 0.25) is 11.8 Å². The third kappa shape index (κ3) is 2.64. The first-order chi connectivity index (χ1) is 11.1. The monoisotopic (exact) mass is 312 g/mol. The summed E-state index contributed by atoms with van der Waals surface area (Å²) in [4.78, 5) is 28.5. The third-order valence-electron chi connectivity index (χ3n) is 5.68. The number of amides is 2. The van der Waals surface area contributed by atoms with Gasteiger partial charge in [-0.15, -0.1) is 0 Å². The molecule has 23 heavy (non-hydrogen) atoms. The van der Waals surface area contributed by atoms with Crippen molar-refractivity contribution in [2.75, 3.05) is 24.5 Å². The summed E-state index contributed by atoms with van der Waals surface area (Å²) in [5.41, 5.74) is 2.37. The molecule has 0 N–H and O–H groups in total. The minimum atomic E-state index is 0.224. The normalized spacial score (nSPS) is 29.1. The van der Waals surface area contributed by atoms with Gasteiger partial charge in [-0.25, -0.2) is 0 Å². The van der Waals surface area contributed by atoms with Gasteiger partial charge in [-0.2, -0.15) is 0 Å². The molecule has 1 aromatic carbocycles. The maximum atomic E-state index is 12.7. The average Bonchev–Trinajstić information content (AvgIpc) is 2.98. The van der Waals surface area contributed by atoms with Crippen molar-refractivity contribution in [1.29, 1.82) is 0 Å². The number of carbonyl (C=O) groups excluding carboxylic acids is 2. The predicted molar refractivity (Wildman–Crippen MR) is 89.2 cm³/mol. The molecule has 122 valence electrons. The molecule has 4 rings (SSSR count). The van der Waals surface area contributed by atoms with Crippen LogP contribution in [0.5, 0.6) is 0 Å². The Labute approximate surface area is 137 Å². The molecule has 0 unspecified atom stereocenters. The van der Waals surface area contributed by atoms with Gasteiger partial charge in [-0.1, -0.05) is 25.1 Å². The van der Waals surface area contributed by atoms with E-state index in [-0.39, 0.29) is 11.8 Å². The summed E-state index contributed by atoms with van der Waals surface area (Å²) < 4.78 is 0. The molecule has 0 aromatic heterocycles. The minimum absolute atomic E-state index is 0.224. The molecule has 2 amide bonds. The van der Waals surface area contributed by atoms with Gasteiger partial charge >= 0.3 is 0 Å². The van der Waals surface area contributed by atoms with Crippen LogP contribution in [0.25, 0.3) is 0 Å². The van der Waals surface area contributed by atoms with Crippen LogP contribution in [0, 0.1) is 11.8 Å². The van der Waals surface area contributed by atoms with E-state index in [9.17, 15) is 9.59 Å². The van der Waals surface area contributed by atoms with Crippen molar-refractivity contribution >= 4 is 17.5 Å². The first kappa shape index (κ1) is 14.7. The number of carbonyl (C=O) groups is 2. The summed E-state index contributed by atoms with van der Waals surface area (Å²) in [6.45, 7) is 4.65. The summed E-state index contributed by atoms with van der Waals surface area (Å²) in [6.07, 6.45) is 3.67. The SMILES string of the molecule is C[C@@H]1C[C@H]1C(=O)N1C[C@H](CCN2CCCC2=O)c2ccccc21. The van der Waals surface area contributed by atoms with Crippen molar-refractivity contribution in [3.63, 3.8) is 0 Å². The van der Waals surface area contributed by atoms with Gasteiger partial charge in [0, 0.05) is 43.6 Å². The van der Waals surface area contributed by atoms with E-state index in [2.05, 4.69) is 25.1 Å². The Morgan fingerprint density at radius 2 is 2.09 bits per heavy atom. The van der Waals surface area contributed by atoms with Crippen LogP contribution in [0.15, 0.2) is 24.3 Å². The van der Waals surface area contributed by atoms with E-state index in [1.165, 1.54) is 5.56 Å². The van der Waals surface area contributed by atoms with Crippen LogP contribution in [0.1, 0.15) is 44.1 Å². The molecular formula is C19H24N2O2. The zero-order valence-electron chi connectivity index (χ0n) is 13.7. The summed E-state index contributed by atoms with van der Waals surface area (Å²) in [5.74, 6) is 1.70. The molecule has 1 saturated carbocycles. The van der Waals surface area contributed by atoms with Gasteiger partial charge in [-0.3, -0.25) is 9.59 Å². The van der Waals surface area contributed by atoms with Crippen molar-refractivity contribution in [3.05, 3.63) is 29.8 Å². The van der Waals surface area contributed by atoms with Crippen molar-refractivity contribution in [2.45, 2.75) is 38.5 Å². The molecule has 0 bridgehead atoms. The lowest BCUT2D eigenvalue weighted by Gasteiger charge is -2.20. The number of para-hydroxylation sites is 1. The number of hydrogen-bond acceptors (Lipinski definition) is 2. The molecule has 3 aliphatic rings. The average molecular weight is 312 g/mol. The first-order valence-corrected chi connectivity index (χ1v) is 8.83. The van der Waals surface area contributed by atoms with Crippen LogP contribution in [0.4, 0.5) is 5.69 Å². The van der Waals surface area contributed by atoms with Crippen molar-refractivity contribution in [2.24, 2.45) is 11.8 Å². The highest BCUT2D eigenvalue weighted by Gasteiger charge is 2.44. The Balaban J connectivity index is 1.48. The Morgan fingerprint density at radius 1 is 1.30 bits per heavy atom. The zero-order valence-corrected chi connectivity index (χ0v) is 13.7. The zero-order chi connectivity index (χ0) is 16.0. The predicted octanol–water partition coefficient (Wildman–Crippen LogP) is 2.79. The second-order valence-electron chi connectivity index (χ2n) is 7.30. The Kier molecular flexibility index (Phi) is 3.63. The second kappa shape index (κ2) is 5.66. The summed E-state index contributed by atoms with van der Waals surface area (Å²) in [5, 5.41) is 0. The molecule has 4 nitrogen and oxygen atoms in total. The smallest absolute Gasteiger partial charge is 0.230 e. The molecular weight excluding hydrogens is 288 g/mol. The second-order valence-corrected chi connectivity index (χ2v) is 7.30. The van der Waals surface area contributed by atoms with E-state index in [0.29, 0.717) is 24.2 Å². The van der Waals surface area contributed by atoms with Crippen molar-refractivity contribution < 1.29 is 9.59 Å². The van der Waals surface area contributed by atoms with Gasteiger partial charge in [-0.05, 0) is 36.8 Å². The molecule has 0 radical (unpaired) electrons.